The fourth-order valence-corrected chi connectivity index (χ4v) is 4.69. The van der Waals surface area contributed by atoms with Crippen molar-refractivity contribution in [1.82, 2.24) is 0 Å². The minimum atomic E-state index is -0.321. The maximum Gasteiger partial charge on any atom is 0.326 e. The lowest BCUT2D eigenvalue weighted by Crippen LogP contribution is -2.50. The van der Waals surface area contributed by atoms with Crippen LogP contribution in [0.1, 0.15) is 26.7 Å². The Morgan fingerprint density at radius 1 is 1.25 bits per heavy atom. The standard InChI is InChI=1S/C23H24ClFN2O/c1-23(2)16-7-6-15(21(23)12-16)14-27(20-10-8-18(25)9-11-20)22(28)26-19-5-3-4-17(24)13-19/h3-6,8-11,13,16,21H,7,12,14H2,1-2H3,(H,26,28). The minimum absolute atomic E-state index is 0.256. The molecule has 28 heavy (non-hydrogen) atoms. The average molecular weight is 399 g/mol. The molecule has 1 fully saturated rings. The van der Waals surface area contributed by atoms with E-state index in [4.69, 9.17) is 11.6 Å². The predicted octanol–water partition coefficient (Wildman–Crippen LogP) is 6.51. The summed E-state index contributed by atoms with van der Waals surface area (Å²) in [5.41, 5.74) is 2.87. The van der Waals surface area contributed by atoms with Gasteiger partial charge >= 0.3 is 6.03 Å². The van der Waals surface area contributed by atoms with Gasteiger partial charge in [-0.3, -0.25) is 4.90 Å². The molecule has 0 saturated heterocycles. The zero-order valence-electron chi connectivity index (χ0n) is 16.1. The lowest BCUT2D eigenvalue weighted by atomic mass is 9.49. The van der Waals surface area contributed by atoms with Gasteiger partial charge in [-0.2, -0.15) is 0 Å². The Kier molecular flexibility index (Phi) is 4.92. The van der Waals surface area contributed by atoms with Crippen LogP contribution in [0.25, 0.3) is 0 Å². The Balaban J connectivity index is 1.60. The number of anilines is 2. The Morgan fingerprint density at radius 3 is 2.64 bits per heavy atom. The van der Waals surface area contributed by atoms with E-state index < -0.39 is 0 Å². The molecule has 1 N–H and O–H groups in total. The highest BCUT2D eigenvalue weighted by Gasteiger charge is 2.51. The second kappa shape index (κ2) is 7.25. The molecule has 2 unspecified atom stereocenters. The summed E-state index contributed by atoms with van der Waals surface area (Å²) in [4.78, 5) is 14.8. The van der Waals surface area contributed by atoms with Crippen molar-refractivity contribution in [2.45, 2.75) is 26.7 Å². The van der Waals surface area contributed by atoms with E-state index in [1.165, 1.54) is 24.1 Å². The molecule has 0 radical (unpaired) electrons. The Bertz CT molecular complexity index is 922. The molecule has 3 nitrogen and oxygen atoms in total. The molecule has 2 bridgehead atoms. The van der Waals surface area contributed by atoms with Crippen LogP contribution in [0.4, 0.5) is 20.6 Å². The number of fused-ring (bicyclic) bond motifs is 1. The third-order valence-corrected chi connectivity index (χ3v) is 6.62. The van der Waals surface area contributed by atoms with Crippen molar-refractivity contribution in [3.63, 3.8) is 0 Å². The highest BCUT2D eigenvalue weighted by atomic mass is 35.5. The molecule has 5 heteroatoms. The summed E-state index contributed by atoms with van der Waals surface area (Å²) in [6.07, 6.45) is 4.53. The molecule has 0 aliphatic heterocycles. The second-order valence-electron chi connectivity index (χ2n) is 8.32. The number of amides is 2. The van der Waals surface area contributed by atoms with Crippen molar-refractivity contribution < 1.29 is 9.18 Å². The monoisotopic (exact) mass is 398 g/mol. The van der Waals surface area contributed by atoms with Gasteiger partial charge in [0, 0.05) is 22.9 Å². The van der Waals surface area contributed by atoms with Crippen molar-refractivity contribution in [3.05, 3.63) is 71.0 Å². The van der Waals surface area contributed by atoms with Crippen molar-refractivity contribution >= 4 is 29.0 Å². The highest BCUT2D eigenvalue weighted by Crippen LogP contribution is 2.59. The van der Waals surface area contributed by atoms with Gasteiger partial charge in [0.25, 0.3) is 0 Å². The summed E-state index contributed by atoms with van der Waals surface area (Å²) in [5, 5.41) is 3.47. The fourth-order valence-electron chi connectivity index (χ4n) is 4.50. The van der Waals surface area contributed by atoms with Crippen LogP contribution in [-0.4, -0.2) is 12.6 Å². The van der Waals surface area contributed by atoms with Crippen LogP contribution in [0.15, 0.2) is 60.2 Å². The molecule has 2 amide bonds. The van der Waals surface area contributed by atoms with Gasteiger partial charge in [0.2, 0.25) is 0 Å². The van der Waals surface area contributed by atoms with Crippen LogP contribution in [-0.2, 0) is 0 Å². The van der Waals surface area contributed by atoms with Crippen LogP contribution < -0.4 is 10.2 Å². The third kappa shape index (κ3) is 3.53. The molecule has 146 valence electrons. The number of nitrogens with one attached hydrogen (secondary N) is 1. The number of benzene rings is 2. The molecular formula is C23H24ClFN2O. The summed E-state index contributed by atoms with van der Waals surface area (Å²) in [6, 6.07) is 12.9. The number of halogens is 2. The predicted molar refractivity (Wildman–Crippen MR) is 112 cm³/mol. The van der Waals surface area contributed by atoms with Gasteiger partial charge in [-0.15, -0.1) is 0 Å². The lowest BCUT2D eigenvalue weighted by Gasteiger charge is -2.57. The summed E-state index contributed by atoms with van der Waals surface area (Å²) in [7, 11) is 0. The molecule has 5 rings (SSSR count). The van der Waals surface area contributed by atoms with E-state index in [1.54, 1.807) is 41.3 Å². The molecule has 2 aromatic carbocycles. The highest BCUT2D eigenvalue weighted by molar-refractivity contribution is 6.30. The topological polar surface area (TPSA) is 32.3 Å². The number of rotatable bonds is 4. The minimum Gasteiger partial charge on any atom is -0.307 e. The van der Waals surface area contributed by atoms with Gasteiger partial charge in [0.15, 0.2) is 0 Å². The van der Waals surface area contributed by atoms with Gasteiger partial charge in [-0.25, -0.2) is 9.18 Å². The first kappa shape index (κ1) is 19.0. The third-order valence-electron chi connectivity index (χ3n) is 6.38. The summed E-state index contributed by atoms with van der Waals surface area (Å²) in [5.74, 6) is 0.910. The van der Waals surface area contributed by atoms with Crippen LogP contribution in [0.2, 0.25) is 5.02 Å². The molecule has 2 aromatic rings. The number of hydrogen-bond acceptors (Lipinski definition) is 1. The molecule has 3 aliphatic carbocycles. The van der Waals surface area contributed by atoms with Crippen LogP contribution in [0.3, 0.4) is 0 Å². The van der Waals surface area contributed by atoms with E-state index >= 15 is 0 Å². The van der Waals surface area contributed by atoms with Crippen LogP contribution in [0.5, 0.6) is 0 Å². The molecule has 3 aliphatic rings. The van der Waals surface area contributed by atoms with Gasteiger partial charge in [-0.05, 0) is 72.6 Å². The molecule has 1 saturated carbocycles. The van der Waals surface area contributed by atoms with E-state index in [0.717, 1.165) is 12.3 Å². The first-order valence-electron chi connectivity index (χ1n) is 9.63. The molecule has 0 aromatic heterocycles. The van der Waals surface area contributed by atoms with Crippen molar-refractivity contribution in [2.24, 2.45) is 17.3 Å². The number of allylic oxidation sites excluding steroid dienone is 1. The summed E-state index contributed by atoms with van der Waals surface area (Å²) < 4.78 is 13.4. The van der Waals surface area contributed by atoms with Gasteiger partial charge < -0.3 is 5.32 Å². The maximum atomic E-state index is 13.4. The SMILES string of the molecule is CC1(C)C2CC=C(CN(C(=O)Nc3cccc(Cl)c3)c3ccc(F)cc3)C1C2. The van der Waals surface area contributed by atoms with Crippen LogP contribution in [0, 0.1) is 23.1 Å². The van der Waals surface area contributed by atoms with Gasteiger partial charge in [-0.1, -0.05) is 43.2 Å². The number of carbonyl (C=O) groups excluding carboxylic acids is 1. The second-order valence-corrected chi connectivity index (χ2v) is 8.76. The van der Waals surface area contributed by atoms with Crippen molar-refractivity contribution in [3.8, 4) is 0 Å². The zero-order valence-corrected chi connectivity index (χ0v) is 16.8. The quantitative estimate of drug-likeness (QED) is 0.585. The molecular weight excluding hydrogens is 375 g/mol. The summed E-state index contributed by atoms with van der Waals surface area (Å²) in [6.45, 7) is 5.12. The first-order chi connectivity index (χ1) is 13.3. The zero-order chi connectivity index (χ0) is 19.9. The largest absolute Gasteiger partial charge is 0.326 e. The van der Waals surface area contributed by atoms with E-state index in [-0.39, 0.29) is 17.3 Å². The number of hydrogen-bond donors (Lipinski definition) is 1. The molecule has 0 heterocycles. The van der Waals surface area contributed by atoms with E-state index in [0.29, 0.717) is 28.9 Å². The Labute approximate surface area is 170 Å². The Hall–Kier alpha value is -2.33. The van der Waals surface area contributed by atoms with E-state index in [9.17, 15) is 9.18 Å². The maximum absolute atomic E-state index is 13.4. The lowest BCUT2D eigenvalue weighted by molar-refractivity contribution is -0.00666. The van der Waals surface area contributed by atoms with Crippen LogP contribution >= 0.6 is 11.6 Å². The molecule has 0 spiro atoms. The van der Waals surface area contributed by atoms with Gasteiger partial charge in [0.05, 0.1) is 0 Å². The van der Waals surface area contributed by atoms with E-state index in [2.05, 4.69) is 25.2 Å². The number of carbonyl (C=O) groups is 1. The first-order valence-corrected chi connectivity index (χ1v) is 10.0. The number of nitrogens with zero attached hydrogens (tertiary/aromatic N) is 1. The molecule has 2 atom stereocenters. The summed E-state index contributed by atoms with van der Waals surface area (Å²) >= 11 is 6.04. The smallest absolute Gasteiger partial charge is 0.307 e. The van der Waals surface area contributed by atoms with Gasteiger partial charge in [0.1, 0.15) is 5.82 Å². The Morgan fingerprint density at radius 2 is 2.00 bits per heavy atom. The van der Waals surface area contributed by atoms with E-state index in [1.807, 2.05) is 0 Å². The van der Waals surface area contributed by atoms with Crippen molar-refractivity contribution in [1.29, 1.82) is 0 Å². The van der Waals surface area contributed by atoms with Crippen molar-refractivity contribution in [2.75, 3.05) is 16.8 Å². The fraction of sp³-hybridized carbons (Fsp3) is 0.348. The average Bonchev–Trinajstić information content (AvgIpc) is 2.67. The number of urea groups is 1. The normalized spacial score (nSPS) is 22.1.